The first kappa shape index (κ1) is 17.4. The van der Waals surface area contributed by atoms with E-state index >= 15 is 0 Å². The molecule has 0 aromatic heterocycles. The van der Waals surface area contributed by atoms with Gasteiger partial charge in [0.2, 0.25) is 0 Å². The van der Waals surface area contributed by atoms with E-state index in [4.69, 9.17) is 16.3 Å². The van der Waals surface area contributed by atoms with Crippen LogP contribution in [0.15, 0.2) is 66.7 Å². The van der Waals surface area contributed by atoms with E-state index in [0.717, 1.165) is 28.6 Å². The Balaban J connectivity index is 1.60. The number of anilines is 1. The second-order valence-electron chi connectivity index (χ2n) is 6.22. The Morgan fingerprint density at radius 1 is 0.840 bits per heavy atom. The van der Waals surface area contributed by atoms with E-state index in [-0.39, 0.29) is 0 Å². The normalized spacial score (nSPS) is 10.5. The molecule has 0 saturated heterocycles. The highest BCUT2D eigenvalue weighted by molar-refractivity contribution is 6.30. The zero-order chi connectivity index (χ0) is 17.6. The molecule has 0 radical (unpaired) electrons. The lowest BCUT2D eigenvalue weighted by atomic mass is 10.1. The highest BCUT2D eigenvalue weighted by Gasteiger charge is 2.01. The number of halogens is 1. The van der Waals surface area contributed by atoms with Gasteiger partial charge in [-0.25, -0.2) is 0 Å². The lowest BCUT2D eigenvalue weighted by Gasteiger charge is -2.11. The first-order valence-corrected chi connectivity index (χ1v) is 8.75. The smallest absolute Gasteiger partial charge is 0.120 e. The molecule has 0 aliphatic heterocycles. The molecular formula is C22H22ClNO. The van der Waals surface area contributed by atoms with Gasteiger partial charge in [0.25, 0.3) is 0 Å². The predicted molar refractivity (Wildman–Crippen MR) is 105 cm³/mol. The van der Waals surface area contributed by atoms with Gasteiger partial charge in [-0.2, -0.15) is 0 Å². The van der Waals surface area contributed by atoms with E-state index in [1.807, 2.05) is 36.4 Å². The second kappa shape index (κ2) is 8.09. The molecule has 0 bridgehead atoms. The maximum atomic E-state index is 6.01. The average molecular weight is 352 g/mol. The molecule has 0 unspecified atom stereocenters. The van der Waals surface area contributed by atoms with Crippen LogP contribution in [-0.4, -0.2) is 0 Å². The number of nitrogens with one attached hydrogen (secondary N) is 1. The van der Waals surface area contributed by atoms with Crippen molar-refractivity contribution in [1.29, 1.82) is 0 Å². The molecule has 3 heteroatoms. The molecule has 0 spiro atoms. The molecule has 25 heavy (non-hydrogen) atoms. The Hall–Kier alpha value is -2.45. The SMILES string of the molecule is Cc1ccc(NCc2cccc(OCc3cccc(Cl)c3)c2)cc1C. The fourth-order valence-corrected chi connectivity index (χ4v) is 2.81. The van der Waals surface area contributed by atoms with Gasteiger partial charge in [-0.3, -0.25) is 0 Å². The van der Waals surface area contributed by atoms with Gasteiger partial charge in [-0.05, 0) is 72.5 Å². The summed E-state index contributed by atoms with van der Waals surface area (Å²) < 4.78 is 5.89. The van der Waals surface area contributed by atoms with Crippen LogP contribution in [0.3, 0.4) is 0 Å². The standard InChI is InChI=1S/C22H22ClNO/c1-16-9-10-21(11-17(16)2)24-14-18-5-4-8-22(13-18)25-15-19-6-3-7-20(23)12-19/h3-13,24H,14-15H2,1-2H3. The first-order chi connectivity index (χ1) is 12.1. The van der Waals surface area contributed by atoms with Crippen LogP contribution in [0.5, 0.6) is 5.75 Å². The third kappa shape index (κ3) is 5.01. The Bertz CT molecular complexity index is 860. The zero-order valence-electron chi connectivity index (χ0n) is 14.6. The molecule has 0 aliphatic rings. The number of ether oxygens (including phenoxy) is 1. The maximum Gasteiger partial charge on any atom is 0.120 e. The molecular weight excluding hydrogens is 330 g/mol. The Kier molecular flexibility index (Phi) is 5.62. The molecule has 128 valence electrons. The van der Waals surface area contributed by atoms with Crippen LogP contribution in [-0.2, 0) is 13.2 Å². The minimum atomic E-state index is 0.509. The minimum Gasteiger partial charge on any atom is -0.489 e. The molecule has 3 aromatic carbocycles. The lowest BCUT2D eigenvalue weighted by molar-refractivity contribution is 0.306. The zero-order valence-corrected chi connectivity index (χ0v) is 15.3. The monoisotopic (exact) mass is 351 g/mol. The highest BCUT2D eigenvalue weighted by Crippen LogP contribution is 2.19. The van der Waals surface area contributed by atoms with Crippen molar-refractivity contribution in [3.63, 3.8) is 0 Å². The molecule has 0 heterocycles. The fourth-order valence-electron chi connectivity index (χ4n) is 2.59. The van der Waals surface area contributed by atoms with E-state index in [0.29, 0.717) is 6.61 Å². The van der Waals surface area contributed by atoms with Crippen molar-refractivity contribution in [2.24, 2.45) is 0 Å². The summed E-state index contributed by atoms with van der Waals surface area (Å²) in [5.74, 6) is 0.861. The average Bonchev–Trinajstić information content (AvgIpc) is 2.61. The molecule has 2 nitrogen and oxygen atoms in total. The van der Waals surface area contributed by atoms with E-state index in [2.05, 4.69) is 49.5 Å². The van der Waals surface area contributed by atoms with Crippen molar-refractivity contribution in [1.82, 2.24) is 0 Å². The van der Waals surface area contributed by atoms with Crippen LogP contribution in [0.1, 0.15) is 22.3 Å². The van der Waals surface area contributed by atoms with Crippen LogP contribution in [0.25, 0.3) is 0 Å². The summed E-state index contributed by atoms with van der Waals surface area (Å²) in [5.41, 5.74) is 5.98. The first-order valence-electron chi connectivity index (χ1n) is 8.37. The molecule has 1 N–H and O–H groups in total. The molecule has 3 aromatic rings. The van der Waals surface area contributed by atoms with E-state index in [1.54, 1.807) is 0 Å². The highest BCUT2D eigenvalue weighted by atomic mass is 35.5. The van der Waals surface area contributed by atoms with Gasteiger partial charge in [-0.1, -0.05) is 41.9 Å². The van der Waals surface area contributed by atoms with Crippen molar-refractivity contribution in [2.45, 2.75) is 27.0 Å². The Labute approximate surface area is 154 Å². The summed E-state index contributed by atoms with van der Waals surface area (Å²) in [7, 11) is 0. The number of rotatable bonds is 6. The molecule has 3 rings (SSSR count). The van der Waals surface area contributed by atoms with Crippen molar-refractivity contribution in [3.8, 4) is 5.75 Å². The predicted octanol–water partition coefficient (Wildman–Crippen LogP) is 6.15. The van der Waals surface area contributed by atoms with Gasteiger partial charge in [0, 0.05) is 17.3 Å². The minimum absolute atomic E-state index is 0.509. The van der Waals surface area contributed by atoms with Gasteiger partial charge < -0.3 is 10.1 Å². The van der Waals surface area contributed by atoms with Gasteiger partial charge in [0.15, 0.2) is 0 Å². The van der Waals surface area contributed by atoms with Gasteiger partial charge in [-0.15, -0.1) is 0 Å². The summed E-state index contributed by atoms with van der Waals surface area (Å²) in [5, 5.41) is 4.19. The van der Waals surface area contributed by atoms with E-state index < -0.39 is 0 Å². The number of benzene rings is 3. The Morgan fingerprint density at radius 3 is 2.44 bits per heavy atom. The third-order valence-corrected chi connectivity index (χ3v) is 4.43. The van der Waals surface area contributed by atoms with E-state index in [9.17, 15) is 0 Å². The summed E-state index contributed by atoms with van der Waals surface area (Å²) in [6.45, 7) is 5.52. The third-order valence-electron chi connectivity index (χ3n) is 4.20. The fraction of sp³-hybridized carbons (Fsp3) is 0.182. The van der Waals surface area contributed by atoms with Gasteiger partial charge in [0.05, 0.1) is 0 Å². The van der Waals surface area contributed by atoms with Crippen LogP contribution in [0.4, 0.5) is 5.69 Å². The largest absolute Gasteiger partial charge is 0.489 e. The molecule has 0 fully saturated rings. The lowest BCUT2D eigenvalue weighted by Crippen LogP contribution is -2.01. The van der Waals surface area contributed by atoms with Crippen molar-refractivity contribution >= 4 is 17.3 Å². The molecule has 0 saturated carbocycles. The quantitative estimate of drug-likeness (QED) is 0.575. The van der Waals surface area contributed by atoms with Gasteiger partial charge >= 0.3 is 0 Å². The van der Waals surface area contributed by atoms with Crippen LogP contribution >= 0.6 is 11.6 Å². The number of hydrogen-bond acceptors (Lipinski definition) is 2. The number of aryl methyl sites for hydroxylation is 2. The molecule has 0 amide bonds. The summed E-state index contributed by atoms with van der Waals surface area (Å²) >= 11 is 6.01. The molecule has 0 aliphatic carbocycles. The van der Waals surface area contributed by atoms with E-state index in [1.165, 1.54) is 16.7 Å². The Morgan fingerprint density at radius 2 is 1.64 bits per heavy atom. The van der Waals surface area contributed by atoms with Crippen LogP contribution in [0, 0.1) is 13.8 Å². The molecule has 0 atom stereocenters. The summed E-state index contributed by atoms with van der Waals surface area (Å²) in [6.07, 6.45) is 0. The van der Waals surface area contributed by atoms with Crippen molar-refractivity contribution < 1.29 is 4.74 Å². The maximum absolute atomic E-state index is 6.01. The summed E-state index contributed by atoms with van der Waals surface area (Å²) in [4.78, 5) is 0. The van der Waals surface area contributed by atoms with Crippen molar-refractivity contribution in [3.05, 3.63) is 94.0 Å². The van der Waals surface area contributed by atoms with Gasteiger partial charge in [0.1, 0.15) is 12.4 Å². The number of hydrogen-bond donors (Lipinski definition) is 1. The second-order valence-corrected chi connectivity index (χ2v) is 6.66. The van der Waals surface area contributed by atoms with Crippen LogP contribution in [0.2, 0.25) is 5.02 Å². The summed E-state index contributed by atoms with van der Waals surface area (Å²) in [6, 6.07) is 22.3. The van der Waals surface area contributed by atoms with Crippen LogP contribution < -0.4 is 10.1 Å². The topological polar surface area (TPSA) is 21.3 Å². The van der Waals surface area contributed by atoms with Crippen molar-refractivity contribution in [2.75, 3.05) is 5.32 Å².